The van der Waals surface area contributed by atoms with E-state index >= 15 is 0 Å². The molecule has 0 aliphatic carbocycles. The van der Waals surface area contributed by atoms with Crippen molar-refractivity contribution in [2.24, 2.45) is 0 Å². The molecule has 204 valence electrons. The summed E-state index contributed by atoms with van der Waals surface area (Å²) >= 11 is 1.42. The second kappa shape index (κ2) is 12.7. The molecule has 1 heterocycles. The number of nitro benzene ring substituents is 1. The zero-order valence-corrected chi connectivity index (χ0v) is 22.4. The van der Waals surface area contributed by atoms with Gasteiger partial charge in [-0.25, -0.2) is 4.79 Å². The van der Waals surface area contributed by atoms with Crippen LogP contribution in [-0.2, 0) is 9.53 Å². The first-order valence-electron chi connectivity index (χ1n) is 12.3. The molecule has 0 saturated heterocycles. The van der Waals surface area contributed by atoms with Crippen molar-refractivity contribution in [3.63, 3.8) is 0 Å². The van der Waals surface area contributed by atoms with E-state index in [4.69, 9.17) is 9.47 Å². The molecule has 0 bridgehead atoms. The summed E-state index contributed by atoms with van der Waals surface area (Å²) in [6.45, 7) is 1.24. The number of non-ortho nitro benzene ring substituents is 1. The van der Waals surface area contributed by atoms with Crippen LogP contribution < -0.4 is 9.64 Å². The lowest BCUT2D eigenvalue weighted by atomic mass is 10.1. The summed E-state index contributed by atoms with van der Waals surface area (Å²) in [6.07, 6.45) is -1.19. The van der Waals surface area contributed by atoms with Gasteiger partial charge in [0.25, 0.3) is 11.6 Å². The number of aliphatic hydroxyl groups excluding tert-OH is 1. The van der Waals surface area contributed by atoms with Crippen LogP contribution in [0.4, 0.5) is 11.4 Å². The van der Waals surface area contributed by atoms with E-state index in [2.05, 4.69) is 0 Å². The van der Waals surface area contributed by atoms with Crippen LogP contribution in [-0.4, -0.2) is 73.3 Å². The van der Waals surface area contributed by atoms with Crippen molar-refractivity contribution >= 4 is 35.0 Å². The zero-order chi connectivity index (χ0) is 27.9. The van der Waals surface area contributed by atoms with Crippen LogP contribution in [0.2, 0.25) is 0 Å². The summed E-state index contributed by atoms with van der Waals surface area (Å²) in [4.78, 5) is 42.2. The van der Waals surface area contributed by atoms with Gasteiger partial charge in [-0.15, -0.1) is 11.8 Å². The molecule has 2 atom stereocenters. The van der Waals surface area contributed by atoms with Gasteiger partial charge in [0.2, 0.25) is 0 Å². The van der Waals surface area contributed by atoms with Crippen LogP contribution in [0.5, 0.6) is 5.75 Å². The summed E-state index contributed by atoms with van der Waals surface area (Å²) in [5.74, 6) is -0.497. The lowest BCUT2D eigenvalue weighted by Crippen LogP contribution is -2.45. The summed E-state index contributed by atoms with van der Waals surface area (Å²) in [6, 6.07) is 19.8. The van der Waals surface area contributed by atoms with E-state index in [1.807, 2.05) is 48.3 Å². The molecule has 2 unspecified atom stereocenters. The maximum absolute atomic E-state index is 14.1. The number of para-hydroxylation sites is 1. The van der Waals surface area contributed by atoms with Gasteiger partial charge in [-0.2, -0.15) is 0 Å². The number of hydrogen-bond acceptors (Lipinski definition) is 9. The Morgan fingerprint density at radius 1 is 1.08 bits per heavy atom. The van der Waals surface area contributed by atoms with Crippen LogP contribution in [0.3, 0.4) is 0 Å². The van der Waals surface area contributed by atoms with Crippen LogP contribution in [0, 0.1) is 10.1 Å². The molecule has 0 fully saturated rings. The molecule has 1 N–H and O–H groups in total. The van der Waals surface area contributed by atoms with E-state index in [1.165, 1.54) is 36.0 Å². The molecule has 3 aromatic rings. The normalized spacial score (nSPS) is 16.9. The molecule has 1 aliphatic heterocycles. The summed E-state index contributed by atoms with van der Waals surface area (Å²) < 4.78 is 11.2. The van der Waals surface area contributed by atoms with Crippen LogP contribution >= 0.6 is 11.8 Å². The van der Waals surface area contributed by atoms with Gasteiger partial charge in [0.15, 0.2) is 6.10 Å². The van der Waals surface area contributed by atoms with Gasteiger partial charge in [0, 0.05) is 36.7 Å². The maximum Gasteiger partial charge on any atom is 0.338 e. The lowest BCUT2D eigenvalue weighted by molar-refractivity contribution is -0.384. The first kappa shape index (κ1) is 28.1. The Bertz CT molecular complexity index is 1320. The maximum atomic E-state index is 14.1. The molecule has 3 aromatic carbocycles. The summed E-state index contributed by atoms with van der Waals surface area (Å²) in [7, 11) is 3.42. The number of carbonyl (C=O) groups is 2. The largest absolute Gasteiger partial charge is 0.497 e. The highest BCUT2D eigenvalue weighted by atomic mass is 32.2. The Morgan fingerprint density at radius 2 is 1.77 bits per heavy atom. The zero-order valence-electron chi connectivity index (χ0n) is 21.6. The van der Waals surface area contributed by atoms with Gasteiger partial charge in [0.1, 0.15) is 5.75 Å². The Balaban J connectivity index is 1.72. The monoisotopic (exact) mass is 551 g/mol. The van der Waals surface area contributed by atoms with Gasteiger partial charge in [-0.3, -0.25) is 14.9 Å². The lowest BCUT2D eigenvalue weighted by Gasteiger charge is -2.29. The number of ether oxygens (including phenoxy) is 2. The number of benzene rings is 3. The number of anilines is 1. The fourth-order valence-corrected chi connectivity index (χ4v) is 5.53. The average molecular weight is 552 g/mol. The van der Waals surface area contributed by atoms with Crippen molar-refractivity contribution in [1.29, 1.82) is 0 Å². The van der Waals surface area contributed by atoms with Crippen molar-refractivity contribution < 1.29 is 29.1 Å². The highest BCUT2D eigenvalue weighted by Crippen LogP contribution is 2.47. The number of nitro groups is 1. The summed E-state index contributed by atoms with van der Waals surface area (Å²) in [5, 5.41) is 19.7. The molecule has 1 amide bonds. The highest BCUT2D eigenvalue weighted by Gasteiger charge is 2.41. The van der Waals surface area contributed by atoms with E-state index in [1.54, 1.807) is 24.1 Å². The molecular formula is C28H29N3O7S. The molecule has 4 rings (SSSR count). The van der Waals surface area contributed by atoms with Gasteiger partial charge in [-0.1, -0.05) is 24.3 Å². The third-order valence-corrected chi connectivity index (χ3v) is 7.75. The third-order valence-electron chi connectivity index (χ3n) is 6.37. The van der Waals surface area contributed by atoms with Crippen LogP contribution in [0.25, 0.3) is 0 Å². The second-order valence-electron chi connectivity index (χ2n) is 8.93. The number of rotatable bonds is 10. The number of aliphatic hydroxyl groups is 1. The first-order valence-corrected chi connectivity index (χ1v) is 13.2. The van der Waals surface area contributed by atoms with Crippen molar-refractivity contribution in [2.75, 3.05) is 45.3 Å². The smallest absolute Gasteiger partial charge is 0.338 e. The van der Waals surface area contributed by atoms with Gasteiger partial charge in [0.05, 0.1) is 35.1 Å². The quantitative estimate of drug-likeness (QED) is 0.227. The van der Waals surface area contributed by atoms with E-state index in [0.29, 0.717) is 31.1 Å². The van der Waals surface area contributed by atoms with Crippen molar-refractivity contribution in [3.05, 3.63) is 94.0 Å². The number of amides is 1. The number of hydrogen-bond donors (Lipinski definition) is 1. The van der Waals surface area contributed by atoms with Crippen molar-refractivity contribution in [3.8, 4) is 5.75 Å². The number of carbonyl (C=O) groups excluding carboxylic acids is 2. The van der Waals surface area contributed by atoms with Gasteiger partial charge < -0.3 is 24.4 Å². The predicted molar refractivity (Wildman–Crippen MR) is 147 cm³/mol. The second-order valence-corrected chi connectivity index (χ2v) is 10.1. The molecule has 0 saturated carbocycles. The van der Waals surface area contributed by atoms with E-state index in [0.717, 1.165) is 10.5 Å². The molecule has 1 aliphatic rings. The Hall–Kier alpha value is -3.93. The number of nitrogens with zero attached hydrogens (tertiary/aromatic N) is 3. The van der Waals surface area contributed by atoms with Crippen LogP contribution in [0.1, 0.15) is 21.2 Å². The topological polar surface area (TPSA) is 122 Å². The number of likely N-dealkylation sites (N-methyl/N-ethyl adjacent to an activating group) is 1. The van der Waals surface area contributed by atoms with Gasteiger partial charge in [-0.05, 0) is 49.0 Å². The minimum absolute atomic E-state index is 0.00803. The van der Waals surface area contributed by atoms with Crippen LogP contribution in [0.15, 0.2) is 77.7 Å². The molecule has 0 radical (unpaired) electrons. The van der Waals surface area contributed by atoms with Crippen molar-refractivity contribution in [2.45, 2.75) is 16.2 Å². The molecule has 39 heavy (non-hydrogen) atoms. The standard InChI is InChI=1S/C28H29N3O7S/c1-29(17-18-32)15-16-30-23-5-3-4-6-24(23)39-26(19-9-13-22(37-2)14-10-19)25(27(30)33)38-28(34)20-7-11-21(12-8-20)31(35)36/h3-14,25-26,32H,15-18H2,1-2H3. The predicted octanol–water partition coefficient (Wildman–Crippen LogP) is 3.93. The third kappa shape index (κ3) is 6.56. The highest BCUT2D eigenvalue weighted by molar-refractivity contribution is 7.99. The molecule has 10 nitrogen and oxygen atoms in total. The Morgan fingerprint density at radius 3 is 2.41 bits per heavy atom. The summed E-state index contributed by atoms with van der Waals surface area (Å²) in [5.41, 5.74) is 1.42. The first-order chi connectivity index (χ1) is 18.8. The number of thioether (sulfide) groups is 1. The van der Waals surface area contributed by atoms with E-state index in [9.17, 15) is 24.8 Å². The Kier molecular flexibility index (Phi) is 9.18. The number of methoxy groups -OCH3 is 1. The Labute approximate surface area is 230 Å². The SMILES string of the molecule is COc1ccc(C2Sc3ccccc3N(CCN(C)CCO)C(=O)C2OC(=O)c2ccc([N+](=O)[O-])cc2)cc1. The number of fused-ring (bicyclic) bond motifs is 1. The molecule has 0 spiro atoms. The molecule has 11 heteroatoms. The van der Waals surface area contributed by atoms with Gasteiger partial charge >= 0.3 is 5.97 Å². The average Bonchev–Trinajstić information content (AvgIpc) is 3.06. The van der Waals surface area contributed by atoms with E-state index in [-0.39, 0.29) is 23.8 Å². The fourth-order valence-electron chi connectivity index (χ4n) is 4.22. The fraction of sp³-hybridized carbons (Fsp3) is 0.286. The van der Waals surface area contributed by atoms with Crippen molar-refractivity contribution in [1.82, 2.24) is 4.90 Å². The minimum atomic E-state index is -1.19. The minimum Gasteiger partial charge on any atom is -0.497 e. The molecule has 0 aromatic heterocycles. The molecular weight excluding hydrogens is 522 g/mol. The van der Waals surface area contributed by atoms with E-state index < -0.39 is 22.2 Å². The number of esters is 1.